The summed E-state index contributed by atoms with van der Waals surface area (Å²) in [7, 11) is 0. The van der Waals surface area contributed by atoms with Gasteiger partial charge in [0.05, 0.1) is 0 Å². The van der Waals surface area contributed by atoms with Gasteiger partial charge in [-0.2, -0.15) is 0 Å². The first kappa shape index (κ1) is 7.37. The quantitative estimate of drug-likeness (QED) is 0.629. The highest BCUT2D eigenvalue weighted by Crippen LogP contribution is 2.12. The molecule has 1 aliphatic heterocycles. The van der Waals surface area contributed by atoms with Gasteiger partial charge in [-0.05, 0) is 12.1 Å². The monoisotopic (exact) mass is 177 g/mol. The molecular weight excluding hydrogens is 172 g/mol. The molecule has 1 aromatic rings. The van der Waals surface area contributed by atoms with Crippen LogP contribution in [-0.4, -0.2) is 5.84 Å². The third-order valence-electron chi connectivity index (χ3n) is 1.54. The Kier molecular flexibility index (Phi) is 1.84. The predicted octanol–water partition coefficient (Wildman–Crippen LogP) is 2.18. The Labute approximate surface area is 75.6 Å². The molecule has 0 atom stereocenters. The van der Waals surface area contributed by atoms with Gasteiger partial charge < -0.3 is 0 Å². The molecule has 0 saturated carbocycles. The lowest BCUT2D eigenvalue weighted by molar-refractivity contribution is 1.29. The van der Waals surface area contributed by atoms with Gasteiger partial charge in [0.2, 0.25) is 0 Å². The molecule has 0 spiro atoms. The summed E-state index contributed by atoms with van der Waals surface area (Å²) < 4.78 is 0. The lowest BCUT2D eigenvalue weighted by atomic mass is 10.2. The first-order chi connectivity index (χ1) is 5.86. The average Bonchev–Trinajstić information content (AvgIpc) is 2.56. The van der Waals surface area contributed by atoms with Crippen LogP contribution in [0.2, 0.25) is 5.02 Å². The molecule has 0 aliphatic carbocycles. The van der Waals surface area contributed by atoms with Crippen LogP contribution in [0.4, 0.5) is 0 Å². The molecule has 12 heavy (non-hydrogen) atoms. The number of benzene rings is 1. The van der Waals surface area contributed by atoms with E-state index in [4.69, 9.17) is 11.6 Å². The maximum atomic E-state index is 5.81. The van der Waals surface area contributed by atoms with Gasteiger partial charge in [-0.25, -0.2) is 10.3 Å². The molecule has 3 heteroatoms. The highest BCUT2D eigenvalue weighted by atomic mass is 35.5. The summed E-state index contributed by atoms with van der Waals surface area (Å²) in [5.41, 5.74) is 0.951. The van der Waals surface area contributed by atoms with Crippen LogP contribution in [0.25, 0.3) is 0 Å². The van der Waals surface area contributed by atoms with E-state index in [-0.39, 0.29) is 0 Å². The summed E-state index contributed by atoms with van der Waals surface area (Å²) in [5.74, 6) is 0.720. The molecule has 1 aromatic carbocycles. The van der Waals surface area contributed by atoms with E-state index >= 15 is 0 Å². The van der Waals surface area contributed by atoms with Crippen LogP contribution in [0.15, 0.2) is 41.7 Å². The van der Waals surface area contributed by atoms with E-state index in [0.29, 0.717) is 5.02 Å². The molecule has 1 aliphatic rings. The first-order valence-corrected chi connectivity index (χ1v) is 3.94. The first-order valence-electron chi connectivity index (χ1n) is 3.56. The molecule has 1 heterocycles. The zero-order chi connectivity index (χ0) is 8.39. The van der Waals surface area contributed by atoms with E-state index in [0.717, 1.165) is 11.4 Å². The van der Waals surface area contributed by atoms with Crippen LogP contribution in [-0.2, 0) is 0 Å². The lowest BCUT2D eigenvalue weighted by Crippen LogP contribution is -2.07. The molecule has 2 nitrogen and oxygen atoms in total. The number of rotatable bonds is 1. The molecule has 59 valence electrons. The fraction of sp³-hybridized carbons (Fsp3) is 0. The van der Waals surface area contributed by atoms with Crippen LogP contribution in [0.3, 0.4) is 0 Å². The Morgan fingerprint density at radius 1 is 1.17 bits per heavy atom. The van der Waals surface area contributed by atoms with Crippen molar-refractivity contribution in [1.29, 1.82) is 0 Å². The van der Waals surface area contributed by atoms with Crippen LogP contribution in [0.1, 0.15) is 5.56 Å². The van der Waals surface area contributed by atoms with Crippen molar-refractivity contribution >= 4 is 17.4 Å². The van der Waals surface area contributed by atoms with Crippen molar-refractivity contribution in [3.8, 4) is 0 Å². The largest absolute Gasteiger partial charge is 0.235 e. The van der Waals surface area contributed by atoms with E-state index < -0.39 is 0 Å². The summed E-state index contributed by atoms with van der Waals surface area (Å²) in [4.78, 5) is 4.06. The summed E-state index contributed by atoms with van der Waals surface area (Å²) in [6, 6.07) is 7.49. The second kappa shape index (κ2) is 2.99. The molecular formula is C9H6ClN2. The minimum atomic E-state index is 0.706. The summed E-state index contributed by atoms with van der Waals surface area (Å²) >= 11 is 5.81. The Bertz CT molecular complexity index is 355. The number of aliphatic imine (C=N–C) groups is 1. The molecule has 0 amide bonds. The van der Waals surface area contributed by atoms with E-state index in [9.17, 15) is 0 Å². The number of halogens is 1. The lowest BCUT2D eigenvalue weighted by Gasteiger charge is -1.98. The number of nitrogens with zero attached hydrogens (tertiary/aromatic N) is 2. The molecule has 2 rings (SSSR count). The normalized spacial score (nSPS) is 14.2. The number of hydrogen-bond acceptors (Lipinski definition) is 1. The maximum absolute atomic E-state index is 5.81. The van der Waals surface area contributed by atoms with Crippen molar-refractivity contribution in [2.24, 2.45) is 4.99 Å². The number of amidine groups is 1. The van der Waals surface area contributed by atoms with E-state index in [2.05, 4.69) is 10.3 Å². The van der Waals surface area contributed by atoms with E-state index in [1.807, 2.05) is 24.3 Å². The predicted molar refractivity (Wildman–Crippen MR) is 49.3 cm³/mol. The zero-order valence-corrected chi connectivity index (χ0v) is 6.99. The van der Waals surface area contributed by atoms with Crippen molar-refractivity contribution in [1.82, 2.24) is 5.32 Å². The summed E-state index contributed by atoms with van der Waals surface area (Å²) in [6.07, 6.45) is 3.33. The highest BCUT2D eigenvalue weighted by molar-refractivity contribution is 6.31. The van der Waals surface area contributed by atoms with E-state index in [1.54, 1.807) is 12.4 Å². The summed E-state index contributed by atoms with van der Waals surface area (Å²) in [6.45, 7) is 0. The molecule has 0 N–H and O–H groups in total. The van der Waals surface area contributed by atoms with Gasteiger partial charge in [0.25, 0.3) is 0 Å². The van der Waals surface area contributed by atoms with Crippen molar-refractivity contribution in [2.45, 2.75) is 0 Å². The van der Waals surface area contributed by atoms with Gasteiger partial charge in [-0.3, -0.25) is 0 Å². The van der Waals surface area contributed by atoms with Gasteiger partial charge >= 0.3 is 0 Å². The minimum Gasteiger partial charge on any atom is -0.235 e. The van der Waals surface area contributed by atoms with Crippen molar-refractivity contribution < 1.29 is 0 Å². The minimum absolute atomic E-state index is 0.706. The van der Waals surface area contributed by atoms with Crippen LogP contribution < -0.4 is 5.32 Å². The Morgan fingerprint density at radius 3 is 2.75 bits per heavy atom. The second-order valence-corrected chi connectivity index (χ2v) is 2.83. The molecule has 0 unspecified atom stereocenters. The molecule has 0 bridgehead atoms. The second-order valence-electron chi connectivity index (χ2n) is 2.39. The van der Waals surface area contributed by atoms with Crippen molar-refractivity contribution in [2.75, 3.05) is 0 Å². The molecule has 0 aromatic heterocycles. The van der Waals surface area contributed by atoms with Gasteiger partial charge in [0, 0.05) is 23.0 Å². The van der Waals surface area contributed by atoms with Gasteiger partial charge in [0.1, 0.15) is 0 Å². The maximum Gasteiger partial charge on any atom is 0.159 e. The summed E-state index contributed by atoms with van der Waals surface area (Å²) in [5, 5.41) is 4.76. The fourth-order valence-corrected chi connectivity index (χ4v) is 1.21. The third-order valence-corrected chi connectivity index (χ3v) is 1.78. The Balaban J connectivity index is 2.35. The van der Waals surface area contributed by atoms with Crippen molar-refractivity contribution in [3.63, 3.8) is 0 Å². The van der Waals surface area contributed by atoms with Gasteiger partial charge in [0.15, 0.2) is 5.84 Å². The van der Waals surface area contributed by atoms with Crippen molar-refractivity contribution in [3.05, 3.63) is 47.3 Å². The number of hydrogen-bond donors (Lipinski definition) is 0. The zero-order valence-electron chi connectivity index (χ0n) is 6.24. The molecule has 0 fully saturated rings. The van der Waals surface area contributed by atoms with Gasteiger partial charge in [-0.1, -0.05) is 23.7 Å². The van der Waals surface area contributed by atoms with Crippen LogP contribution in [0.5, 0.6) is 0 Å². The molecule has 0 saturated heterocycles. The van der Waals surface area contributed by atoms with Crippen LogP contribution in [0, 0.1) is 0 Å². The smallest absolute Gasteiger partial charge is 0.159 e. The Hall–Kier alpha value is -1.28. The van der Waals surface area contributed by atoms with Crippen LogP contribution >= 0.6 is 11.6 Å². The standard InChI is InChI=1S/C9H6ClN2/c10-8-3-1-2-7(6-8)9-11-4-5-12-9/h1-6H. The average molecular weight is 178 g/mol. The van der Waals surface area contributed by atoms with Gasteiger partial charge in [-0.15, -0.1) is 0 Å². The third kappa shape index (κ3) is 1.34. The molecule has 1 radical (unpaired) electrons. The topological polar surface area (TPSA) is 26.5 Å². The highest BCUT2D eigenvalue weighted by Gasteiger charge is 2.05. The SMILES string of the molecule is Clc1cccc(C2=NC=C[N]2)c1. The fourth-order valence-electron chi connectivity index (χ4n) is 1.02. The van der Waals surface area contributed by atoms with E-state index in [1.165, 1.54) is 0 Å². The Morgan fingerprint density at radius 2 is 2.08 bits per heavy atom.